The molecule has 1 heterocycles. The first kappa shape index (κ1) is 18.8. The number of aromatic nitrogens is 1. The molecule has 0 unspecified atom stereocenters. The molecule has 0 radical (unpaired) electrons. The van der Waals surface area contributed by atoms with Crippen LogP contribution in [-0.2, 0) is 16.1 Å². The summed E-state index contributed by atoms with van der Waals surface area (Å²) in [6, 6.07) is 17.6. The summed E-state index contributed by atoms with van der Waals surface area (Å²) in [6.07, 6.45) is 0. The van der Waals surface area contributed by atoms with Gasteiger partial charge in [0.2, 0.25) is 0 Å². The molecule has 1 aromatic heterocycles. The summed E-state index contributed by atoms with van der Waals surface area (Å²) < 4.78 is 5.13. The molecule has 5 nitrogen and oxygen atoms in total. The Morgan fingerprint density at radius 3 is 2.48 bits per heavy atom. The van der Waals surface area contributed by atoms with Crippen LogP contribution in [0.1, 0.15) is 21.6 Å². The lowest BCUT2D eigenvalue weighted by molar-refractivity contribution is -0.133. The van der Waals surface area contributed by atoms with Crippen LogP contribution in [0, 0.1) is 6.92 Å². The van der Waals surface area contributed by atoms with E-state index in [1.807, 2.05) is 61.5 Å². The van der Waals surface area contributed by atoms with Gasteiger partial charge in [-0.1, -0.05) is 60.2 Å². The summed E-state index contributed by atoms with van der Waals surface area (Å²) in [5.74, 6) is -0.854. The van der Waals surface area contributed by atoms with E-state index in [-0.39, 0.29) is 18.2 Å². The monoisotopic (exact) mass is 380 g/mol. The highest BCUT2D eigenvalue weighted by Crippen LogP contribution is 2.23. The predicted molar refractivity (Wildman–Crippen MR) is 105 cm³/mol. The summed E-state index contributed by atoms with van der Waals surface area (Å²) in [4.78, 5) is 30.2. The third-order valence-electron chi connectivity index (χ3n) is 4.03. The molecule has 27 heavy (non-hydrogen) atoms. The van der Waals surface area contributed by atoms with Crippen molar-refractivity contribution in [1.29, 1.82) is 0 Å². The van der Waals surface area contributed by atoms with Crippen LogP contribution in [0.25, 0.3) is 10.6 Å². The number of esters is 1. The molecule has 0 aliphatic carbocycles. The molecule has 0 fully saturated rings. The highest BCUT2D eigenvalue weighted by Gasteiger charge is 2.16. The van der Waals surface area contributed by atoms with E-state index in [0.717, 1.165) is 16.1 Å². The number of thiazole rings is 1. The van der Waals surface area contributed by atoms with E-state index in [2.05, 4.69) is 4.98 Å². The highest BCUT2D eigenvalue weighted by molar-refractivity contribution is 7.13. The van der Waals surface area contributed by atoms with E-state index < -0.39 is 5.97 Å². The SMILES string of the molecule is Cc1ccc(CN(C)C(=O)COC(=O)c2csc(-c3ccccc3)n2)cc1. The van der Waals surface area contributed by atoms with Crippen molar-refractivity contribution in [2.75, 3.05) is 13.7 Å². The van der Waals surface area contributed by atoms with Gasteiger partial charge in [0.25, 0.3) is 5.91 Å². The molecule has 0 N–H and O–H groups in total. The van der Waals surface area contributed by atoms with Gasteiger partial charge in [0, 0.05) is 24.5 Å². The second-order valence-corrected chi connectivity index (χ2v) is 7.07. The van der Waals surface area contributed by atoms with Crippen LogP contribution >= 0.6 is 11.3 Å². The number of benzene rings is 2. The fourth-order valence-electron chi connectivity index (χ4n) is 2.45. The third-order valence-corrected chi connectivity index (χ3v) is 4.92. The Balaban J connectivity index is 1.53. The van der Waals surface area contributed by atoms with Crippen molar-refractivity contribution in [1.82, 2.24) is 9.88 Å². The predicted octanol–water partition coefficient (Wildman–Crippen LogP) is 3.93. The fourth-order valence-corrected chi connectivity index (χ4v) is 3.24. The van der Waals surface area contributed by atoms with Gasteiger partial charge in [0.05, 0.1) is 0 Å². The average molecular weight is 380 g/mol. The third kappa shape index (κ3) is 5.01. The van der Waals surface area contributed by atoms with Crippen LogP contribution in [0.2, 0.25) is 0 Å². The zero-order valence-corrected chi connectivity index (χ0v) is 16.0. The second kappa shape index (κ2) is 8.60. The lowest BCUT2D eigenvalue weighted by Gasteiger charge is -2.17. The number of aryl methyl sites for hydroxylation is 1. The fraction of sp³-hybridized carbons (Fsp3) is 0.190. The normalized spacial score (nSPS) is 10.4. The molecule has 0 spiro atoms. The molecule has 0 aliphatic rings. The zero-order valence-electron chi connectivity index (χ0n) is 15.2. The molecule has 0 saturated heterocycles. The van der Waals surface area contributed by atoms with E-state index in [1.165, 1.54) is 21.8 Å². The van der Waals surface area contributed by atoms with Gasteiger partial charge in [-0.25, -0.2) is 9.78 Å². The Morgan fingerprint density at radius 2 is 1.78 bits per heavy atom. The Hall–Kier alpha value is -2.99. The average Bonchev–Trinajstić information content (AvgIpc) is 3.18. The number of hydrogen-bond acceptors (Lipinski definition) is 5. The largest absolute Gasteiger partial charge is 0.451 e. The quantitative estimate of drug-likeness (QED) is 0.608. The number of carbonyl (C=O) groups is 2. The van der Waals surface area contributed by atoms with E-state index >= 15 is 0 Å². The number of hydrogen-bond donors (Lipinski definition) is 0. The summed E-state index contributed by atoms with van der Waals surface area (Å²) in [5.41, 5.74) is 3.35. The number of amides is 1. The minimum absolute atomic E-state index is 0.216. The van der Waals surface area contributed by atoms with Crippen molar-refractivity contribution in [3.8, 4) is 10.6 Å². The molecule has 2 aromatic carbocycles. The van der Waals surface area contributed by atoms with Crippen molar-refractivity contribution in [2.45, 2.75) is 13.5 Å². The van der Waals surface area contributed by atoms with Gasteiger partial charge < -0.3 is 9.64 Å². The molecule has 1 amide bonds. The number of ether oxygens (including phenoxy) is 1. The highest BCUT2D eigenvalue weighted by atomic mass is 32.1. The van der Waals surface area contributed by atoms with Crippen LogP contribution in [0.4, 0.5) is 0 Å². The Morgan fingerprint density at radius 1 is 1.07 bits per heavy atom. The molecule has 6 heteroatoms. The first-order chi connectivity index (χ1) is 13.0. The van der Waals surface area contributed by atoms with Crippen LogP contribution < -0.4 is 0 Å². The molecular weight excluding hydrogens is 360 g/mol. The topological polar surface area (TPSA) is 59.5 Å². The molecule has 3 rings (SSSR count). The standard InChI is InChI=1S/C21H20N2O3S/c1-15-8-10-16(11-9-15)12-23(2)19(24)13-26-21(25)18-14-27-20(22-18)17-6-4-3-5-7-17/h3-11,14H,12-13H2,1-2H3. The molecule has 3 aromatic rings. The Bertz CT molecular complexity index is 920. The Kier molecular flexibility index (Phi) is 5.98. The zero-order chi connectivity index (χ0) is 19.2. The number of rotatable bonds is 6. The molecule has 0 aliphatic heterocycles. The van der Waals surface area contributed by atoms with Crippen molar-refractivity contribution in [3.05, 3.63) is 76.8 Å². The molecular formula is C21H20N2O3S. The van der Waals surface area contributed by atoms with Gasteiger partial charge in [0.1, 0.15) is 5.01 Å². The maximum Gasteiger partial charge on any atom is 0.358 e. The van der Waals surface area contributed by atoms with Crippen molar-refractivity contribution < 1.29 is 14.3 Å². The van der Waals surface area contributed by atoms with E-state index in [0.29, 0.717) is 6.54 Å². The van der Waals surface area contributed by atoms with Crippen LogP contribution in [0.3, 0.4) is 0 Å². The number of likely N-dealkylation sites (N-methyl/N-ethyl adjacent to an activating group) is 1. The van der Waals surface area contributed by atoms with Crippen molar-refractivity contribution >= 4 is 23.2 Å². The number of carbonyl (C=O) groups excluding carboxylic acids is 2. The van der Waals surface area contributed by atoms with Crippen LogP contribution in [0.5, 0.6) is 0 Å². The second-order valence-electron chi connectivity index (χ2n) is 6.22. The molecule has 0 saturated carbocycles. The van der Waals surface area contributed by atoms with E-state index in [1.54, 1.807) is 12.4 Å². The van der Waals surface area contributed by atoms with Crippen LogP contribution in [0.15, 0.2) is 60.0 Å². The maximum atomic E-state index is 12.2. The van der Waals surface area contributed by atoms with Gasteiger partial charge in [-0.05, 0) is 12.5 Å². The van der Waals surface area contributed by atoms with Gasteiger partial charge >= 0.3 is 5.97 Å². The molecule has 0 atom stereocenters. The summed E-state index contributed by atoms with van der Waals surface area (Å²) in [6.45, 7) is 2.17. The van der Waals surface area contributed by atoms with Crippen LogP contribution in [-0.4, -0.2) is 35.4 Å². The first-order valence-corrected chi connectivity index (χ1v) is 9.38. The summed E-state index contributed by atoms with van der Waals surface area (Å²) >= 11 is 1.37. The minimum atomic E-state index is -0.592. The van der Waals surface area contributed by atoms with Gasteiger partial charge in [-0.15, -0.1) is 11.3 Å². The van der Waals surface area contributed by atoms with Gasteiger partial charge in [0.15, 0.2) is 12.3 Å². The lowest BCUT2D eigenvalue weighted by Crippen LogP contribution is -2.30. The van der Waals surface area contributed by atoms with E-state index in [4.69, 9.17) is 4.74 Å². The summed E-state index contributed by atoms with van der Waals surface area (Å²) in [7, 11) is 1.69. The Labute approximate surface area is 162 Å². The van der Waals surface area contributed by atoms with E-state index in [9.17, 15) is 9.59 Å². The smallest absolute Gasteiger partial charge is 0.358 e. The lowest BCUT2D eigenvalue weighted by atomic mass is 10.1. The van der Waals surface area contributed by atoms with Gasteiger partial charge in [-0.2, -0.15) is 0 Å². The van der Waals surface area contributed by atoms with Crippen molar-refractivity contribution in [2.24, 2.45) is 0 Å². The number of nitrogens with zero attached hydrogens (tertiary/aromatic N) is 2. The minimum Gasteiger partial charge on any atom is -0.451 e. The first-order valence-electron chi connectivity index (χ1n) is 8.50. The molecule has 0 bridgehead atoms. The summed E-state index contributed by atoms with van der Waals surface area (Å²) in [5, 5.41) is 2.39. The maximum absolute atomic E-state index is 12.2. The molecule has 138 valence electrons. The van der Waals surface area contributed by atoms with Crippen molar-refractivity contribution in [3.63, 3.8) is 0 Å². The van der Waals surface area contributed by atoms with Gasteiger partial charge in [-0.3, -0.25) is 4.79 Å².